The molecule has 0 bridgehead atoms. The molecule has 138 valence electrons. The number of hydrogen-bond acceptors (Lipinski definition) is 5. The van der Waals surface area contributed by atoms with Gasteiger partial charge in [-0.25, -0.2) is 0 Å². The van der Waals surface area contributed by atoms with E-state index in [0.717, 1.165) is 27.7 Å². The Bertz CT molecular complexity index is 961. The first kappa shape index (κ1) is 18.9. The van der Waals surface area contributed by atoms with Gasteiger partial charge in [0.05, 0.1) is 11.7 Å². The van der Waals surface area contributed by atoms with Crippen LogP contribution in [0.15, 0.2) is 63.4 Å². The van der Waals surface area contributed by atoms with Gasteiger partial charge in [0.15, 0.2) is 0 Å². The highest BCUT2D eigenvalue weighted by atomic mass is 35.5. The molecular weight excluding hydrogens is 416 g/mol. The van der Waals surface area contributed by atoms with Crippen LogP contribution in [0.3, 0.4) is 0 Å². The molecule has 3 nitrogen and oxygen atoms in total. The summed E-state index contributed by atoms with van der Waals surface area (Å²) < 4.78 is 0.601. The summed E-state index contributed by atoms with van der Waals surface area (Å²) in [6.07, 6.45) is 0. The molecule has 27 heavy (non-hydrogen) atoms. The zero-order chi connectivity index (χ0) is 19.1. The number of rotatable bonds is 3. The summed E-state index contributed by atoms with van der Waals surface area (Å²) >= 11 is 14.8. The number of amides is 1. The molecule has 4 rings (SSSR count). The Balaban J connectivity index is 1.71. The average molecular weight is 433 g/mol. The number of nitrogens with zero attached hydrogens (tertiary/aromatic N) is 2. The largest absolute Gasteiger partial charge is 0.334 e. The summed E-state index contributed by atoms with van der Waals surface area (Å²) in [4.78, 5) is 19.0. The fourth-order valence-electron chi connectivity index (χ4n) is 3.26. The number of hydrogen-bond donors (Lipinski definition) is 0. The minimum absolute atomic E-state index is 0.0267. The van der Waals surface area contributed by atoms with E-state index < -0.39 is 0 Å². The van der Waals surface area contributed by atoms with E-state index in [4.69, 9.17) is 23.8 Å². The van der Waals surface area contributed by atoms with Crippen molar-refractivity contribution in [1.29, 1.82) is 0 Å². The first-order valence-electron chi connectivity index (χ1n) is 8.60. The second-order valence-corrected chi connectivity index (χ2v) is 9.33. The molecule has 7 heteroatoms. The third-order valence-corrected chi connectivity index (χ3v) is 7.58. The van der Waals surface area contributed by atoms with Crippen LogP contribution in [-0.4, -0.2) is 21.7 Å². The van der Waals surface area contributed by atoms with Gasteiger partial charge < -0.3 is 4.90 Å². The first-order chi connectivity index (χ1) is 13.0. The van der Waals surface area contributed by atoms with Crippen molar-refractivity contribution in [1.82, 2.24) is 4.90 Å². The highest BCUT2D eigenvalue weighted by Crippen LogP contribution is 2.51. The number of thiocarbonyl (C=S) groups is 1. The molecule has 0 aromatic heterocycles. The average Bonchev–Trinajstić information content (AvgIpc) is 3.17. The minimum atomic E-state index is -0.102. The molecule has 0 N–H and O–H groups in total. The Labute approximate surface area is 177 Å². The van der Waals surface area contributed by atoms with Crippen molar-refractivity contribution in [3.63, 3.8) is 0 Å². The van der Waals surface area contributed by atoms with Crippen LogP contribution < -0.4 is 4.90 Å². The molecule has 0 aliphatic carbocycles. The second kappa shape index (κ2) is 7.51. The molecule has 2 aromatic carbocycles. The van der Waals surface area contributed by atoms with Crippen molar-refractivity contribution in [2.75, 3.05) is 11.4 Å². The van der Waals surface area contributed by atoms with E-state index in [1.807, 2.05) is 55.5 Å². The highest BCUT2D eigenvalue weighted by molar-refractivity contribution is 8.27. The van der Waals surface area contributed by atoms with Crippen LogP contribution in [0, 0.1) is 0 Å². The molecular formula is C20H17ClN2OS3. The summed E-state index contributed by atoms with van der Waals surface area (Å²) in [7, 11) is 0. The van der Waals surface area contributed by atoms with Gasteiger partial charge in [-0.3, -0.25) is 9.69 Å². The van der Waals surface area contributed by atoms with Crippen LogP contribution in [0.25, 0.3) is 0 Å². The van der Waals surface area contributed by atoms with Crippen molar-refractivity contribution in [3.05, 3.63) is 69.1 Å². The maximum atomic E-state index is 13.3. The number of carbonyl (C=O) groups is 1. The van der Waals surface area contributed by atoms with Crippen LogP contribution >= 0.6 is 47.3 Å². The lowest BCUT2D eigenvalue weighted by molar-refractivity contribution is -0.123. The lowest BCUT2D eigenvalue weighted by Crippen LogP contribution is -2.31. The van der Waals surface area contributed by atoms with Gasteiger partial charge in [-0.1, -0.05) is 77.7 Å². The zero-order valence-corrected chi connectivity index (χ0v) is 18.0. The molecule has 2 aliphatic heterocycles. The zero-order valence-electron chi connectivity index (χ0n) is 14.8. The van der Waals surface area contributed by atoms with E-state index in [1.165, 1.54) is 11.8 Å². The number of carbonyl (C=O) groups excluding carboxylic acids is 1. The van der Waals surface area contributed by atoms with Crippen molar-refractivity contribution < 1.29 is 4.79 Å². The molecule has 1 fully saturated rings. The van der Waals surface area contributed by atoms with E-state index in [1.54, 1.807) is 16.7 Å². The van der Waals surface area contributed by atoms with Crippen molar-refractivity contribution in [2.24, 2.45) is 0 Å². The number of anilines is 1. The van der Waals surface area contributed by atoms with Gasteiger partial charge in [0.1, 0.15) is 14.3 Å². The Hall–Kier alpha value is -1.47. The summed E-state index contributed by atoms with van der Waals surface area (Å²) in [6, 6.07) is 15.7. The van der Waals surface area contributed by atoms with Crippen LogP contribution in [-0.2, 0) is 4.79 Å². The number of benzene rings is 2. The van der Waals surface area contributed by atoms with Gasteiger partial charge in [0.2, 0.25) is 0 Å². The van der Waals surface area contributed by atoms with Crippen molar-refractivity contribution in [3.8, 4) is 0 Å². The fourth-order valence-corrected chi connectivity index (χ4v) is 6.20. The predicted molar refractivity (Wildman–Crippen MR) is 119 cm³/mol. The summed E-state index contributed by atoms with van der Waals surface area (Å²) in [5.74, 6) is -0.0267. The maximum absolute atomic E-state index is 13.3. The van der Waals surface area contributed by atoms with Crippen LogP contribution in [0.4, 0.5) is 5.69 Å². The summed E-state index contributed by atoms with van der Waals surface area (Å²) in [5, 5.41) is 1.63. The standard InChI is InChI=1S/C20H17ClN2OS3/c1-3-22-15-11-14(21)9-10-16(15)26-19(22)17-18(24)23(20(25)27-17)12(2)13-7-5-4-6-8-13/h4-12H,3H2,1-2H3/b19-17-/t12-/m1/s1. The number of halogens is 1. The summed E-state index contributed by atoms with van der Waals surface area (Å²) in [6.45, 7) is 4.85. The van der Waals surface area contributed by atoms with E-state index in [-0.39, 0.29) is 11.9 Å². The maximum Gasteiger partial charge on any atom is 0.269 e. The molecule has 0 spiro atoms. The molecule has 2 aromatic rings. The Morgan fingerprint density at radius 2 is 1.89 bits per heavy atom. The van der Waals surface area contributed by atoms with Gasteiger partial charge >= 0.3 is 0 Å². The van der Waals surface area contributed by atoms with Gasteiger partial charge in [-0.05, 0) is 37.6 Å². The third kappa shape index (κ3) is 3.29. The van der Waals surface area contributed by atoms with Crippen LogP contribution in [0.5, 0.6) is 0 Å². The van der Waals surface area contributed by atoms with Gasteiger partial charge in [0, 0.05) is 16.5 Å². The number of thioether (sulfide) groups is 2. The van der Waals surface area contributed by atoms with Gasteiger partial charge in [0.25, 0.3) is 5.91 Å². The predicted octanol–water partition coefficient (Wildman–Crippen LogP) is 6.06. The quantitative estimate of drug-likeness (QED) is 0.433. The van der Waals surface area contributed by atoms with E-state index in [0.29, 0.717) is 14.2 Å². The molecule has 1 amide bonds. The molecule has 0 saturated carbocycles. The Kier molecular flexibility index (Phi) is 5.25. The van der Waals surface area contributed by atoms with Gasteiger partial charge in [-0.15, -0.1) is 0 Å². The third-order valence-electron chi connectivity index (χ3n) is 4.64. The van der Waals surface area contributed by atoms with E-state index in [9.17, 15) is 4.79 Å². The Morgan fingerprint density at radius 1 is 1.15 bits per heavy atom. The van der Waals surface area contributed by atoms with Gasteiger partial charge in [-0.2, -0.15) is 0 Å². The van der Waals surface area contributed by atoms with Crippen molar-refractivity contribution in [2.45, 2.75) is 24.8 Å². The topological polar surface area (TPSA) is 23.6 Å². The molecule has 0 radical (unpaired) electrons. The normalized spacial score (nSPS) is 20.4. The lowest BCUT2D eigenvalue weighted by atomic mass is 10.1. The first-order valence-corrected chi connectivity index (χ1v) is 11.0. The Morgan fingerprint density at radius 3 is 2.59 bits per heavy atom. The molecule has 0 unspecified atom stereocenters. The summed E-state index contributed by atoms with van der Waals surface area (Å²) in [5.41, 5.74) is 2.12. The lowest BCUT2D eigenvalue weighted by Gasteiger charge is -2.24. The van der Waals surface area contributed by atoms with Crippen LogP contribution in [0.1, 0.15) is 25.5 Å². The molecule has 2 aliphatic rings. The highest BCUT2D eigenvalue weighted by Gasteiger charge is 2.41. The minimum Gasteiger partial charge on any atom is -0.334 e. The number of fused-ring (bicyclic) bond motifs is 1. The van der Waals surface area contributed by atoms with E-state index >= 15 is 0 Å². The molecule has 1 atom stereocenters. The monoisotopic (exact) mass is 432 g/mol. The second-order valence-electron chi connectivity index (χ2n) is 6.22. The van der Waals surface area contributed by atoms with E-state index in [2.05, 4.69) is 11.8 Å². The smallest absolute Gasteiger partial charge is 0.269 e. The van der Waals surface area contributed by atoms with Crippen molar-refractivity contribution >= 4 is 63.3 Å². The molecule has 2 heterocycles. The van der Waals surface area contributed by atoms with Crippen LogP contribution in [0.2, 0.25) is 5.02 Å². The SMILES string of the molecule is CCN1/C(=C2/SC(=S)N([C@H](C)c3ccccc3)C2=O)Sc2ccc(Cl)cc21. The molecule has 1 saturated heterocycles. The fraction of sp³-hybridized carbons (Fsp3) is 0.200.